The SMILES string of the molecule is COc1ccc2c(c1)Oc1ccccc1N=C2N1CCN(C(=O)CC(C)(C)C)C(C)C1. The van der Waals surface area contributed by atoms with Gasteiger partial charge in [0.2, 0.25) is 5.91 Å². The maximum absolute atomic E-state index is 12.8. The van der Waals surface area contributed by atoms with Gasteiger partial charge in [-0.15, -0.1) is 0 Å². The summed E-state index contributed by atoms with van der Waals surface area (Å²) in [5.41, 5.74) is 1.71. The van der Waals surface area contributed by atoms with Gasteiger partial charge in [-0.3, -0.25) is 4.79 Å². The number of amides is 1. The highest BCUT2D eigenvalue weighted by Gasteiger charge is 2.32. The largest absolute Gasteiger partial charge is 0.497 e. The zero-order valence-corrected chi connectivity index (χ0v) is 19.0. The molecular weight excluding hydrogens is 390 g/mol. The minimum Gasteiger partial charge on any atom is -0.497 e. The number of carbonyl (C=O) groups excluding carboxylic acids is 1. The number of carbonyl (C=O) groups is 1. The molecule has 0 N–H and O–H groups in total. The van der Waals surface area contributed by atoms with Crippen LogP contribution in [0, 0.1) is 5.41 Å². The Kier molecular flexibility index (Phi) is 5.65. The number of fused-ring (bicyclic) bond motifs is 2. The molecule has 0 spiro atoms. The molecule has 4 rings (SSSR count). The molecule has 2 aliphatic rings. The molecule has 2 aromatic rings. The maximum atomic E-state index is 12.8. The summed E-state index contributed by atoms with van der Waals surface area (Å²) in [7, 11) is 1.65. The Morgan fingerprint density at radius 1 is 1.16 bits per heavy atom. The van der Waals surface area contributed by atoms with Crippen LogP contribution in [0.1, 0.15) is 39.7 Å². The van der Waals surface area contributed by atoms with Crippen LogP contribution in [0.15, 0.2) is 47.5 Å². The number of nitrogens with zero attached hydrogens (tertiary/aromatic N) is 3. The highest BCUT2D eigenvalue weighted by molar-refractivity contribution is 6.04. The van der Waals surface area contributed by atoms with Crippen LogP contribution in [0.5, 0.6) is 17.2 Å². The second-order valence-corrected chi connectivity index (χ2v) is 9.49. The Hall–Kier alpha value is -3.02. The molecule has 31 heavy (non-hydrogen) atoms. The molecule has 1 atom stereocenters. The van der Waals surface area contributed by atoms with Crippen LogP contribution in [-0.4, -0.2) is 54.3 Å². The first-order valence-electron chi connectivity index (χ1n) is 10.8. The topological polar surface area (TPSA) is 54.4 Å². The third-order valence-electron chi connectivity index (χ3n) is 5.67. The quantitative estimate of drug-likeness (QED) is 0.696. The van der Waals surface area contributed by atoms with E-state index in [1.165, 1.54) is 0 Å². The molecule has 0 aromatic heterocycles. The number of para-hydroxylation sites is 2. The van der Waals surface area contributed by atoms with E-state index in [1.54, 1.807) is 7.11 Å². The maximum Gasteiger partial charge on any atom is 0.223 e. The van der Waals surface area contributed by atoms with E-state index in [4.69, 9.17) is 14.5 Å². The molecule has 1 fully saturated rings. The van der Waals surface area contributed by atoms with Gasteiger partial charge in [0.05, 0.1) is 12.7 Å². The fourth-order valence-electron chi connectivity index (χ4n) is 4.14. The summed E-state index contributed by atoms with van der Waals surface area (Å²) < 4.78 is 11.6. The number of amidine groups is 1. The lowest BCUT2D eigenvalue weighted by Crippen LogP contribution is -2.56. The smallest absolute Gasteiger partial charge is 0.223 e. The van der Waals surface area contributed by atoms with Gasteiger partial charge in [0.15, 0.2) is 5.75 Å². The molecule has 0 aliphatic carbocycles. The molecule has 164 valence electrons. The predicted octanol–water partition coefficient (Wildman–Crippen LogP) is 4.85. The van der Waals surface area contributed by atoms with Gasteiger partial charge in [0, 0.05) is 38.2 Å². The highest BCUT2D eigenvalue weighted by Crippen LogP contribution is 2.39. The fourth-order valence-corrected chi connectivity index (χ4v) is 4.14. The average molecular weight is 422 g/mol. The van der Waals surface area contributed by atoms with E-state index in [0.717, 1.165) is 47.4 Å². The Labute approximate surface area is 184 Å². The molecule has 2 aromatic carbocycles. The summed E-state index contributed by atoms with van der Waals surface area (Å²) in [4.78, 5) is 22.1. The van der Waals surface area contributed by atoms with Crippen molar-refractivity contribution >= 4 is 17.4 Å². The first-order valence-corrected chi connectivity index (χ1v) is 10.8. The second-order valence-electron chi connectivity index (χ2n) is 9.49. The third-order valence-corrected chi connectivity index (χ3v) is 5.67. The second kappa shape index (κ2) is 8.25. The van der Waals surface area contributed by atoms with Gasteiger partial charge in [-0.05, 0) is 36.6 Å². The van der Waals surface area contributed by atoms with Gasteiger partial charge in [-0.2, -0.15) is 0 Å². The number of hydrogen-bond donors (Lipinski definition) is 0. The number of rotatable bonds is 2. The van der Waals surface area contributed by atoms with Crippen LogP contribution in [0.3, 0.4) is 0 Å². The average Bonchev–Trinajstić information content (AvgIpc) is 2.88. The number of hydrogen-bond acceptors (Lipinski definition) is 5. The van der Waals surface area contributed by atoms with Crippen molar-refractivity contribution in [2.24, 2.45) is 10.4 Å². The van der Waals surface area contributed by atoms with Crippen LogP contribution in [0.2, 0.25) is 0 Å². The molecule has 1 saturated heterocycles. The monoisotopic (exact) mass is 421 g/mol. The molecule has 1 amide bonds. The van der Waals surface area contributed by atoms with Gasteiger partial charge >= 0.3 is 0 Å². The number of aliphatic imine (C=N–C) groups is 1. The molecule has 6 nitrogen and oxygen atoms in total. The Morgan fingerprint density at radius 3 is 2.65 bits per heavy atom. The van der Waals surface area contributed by atoms with Crippen molar-refractivity contribution in [3.8, 4) is 17.2 Å². The molecule has 0 bridgehead atoms. The fraction of sp³-hybridized carbons (Fsp3) is 0.440. The Balaban J connectivity index is 1.65. The lowest BCUT2D eigenvalue weighted by atomic mass is 9.91. The first-order chi connectivity index (χ1) is 14.7. The third kappa shape index (κ3) is 4.53. The van der Waals surface area contributed by atoms with Crippen molar-refractivity contribution in [1.82, 2.24) is 9.80 Å². The molecule has 0 radical (unpaired) electrons. The summed E-state index contributed by atoms with van der Waals surface area (Å²) in [6.07, 6.45) is 0.558. The van der Waals surface area contributed by atoms with Crippen molar-refractivity contribution in [3.63, 3.8) is 0 Å². The van der Waals surface area contributed by atoms with E-state index in [0.29, 0.717) is 13.0 Å². The first kappa shape index (κ1) is 21.2. The van der Waals surface area contributed by atoms with E-state index in [-0.39, 0.29) is 17.4 Å². The number of piperazine rings is 1. The van der Waals surface area contributed by atoms with Crippen molar-refractivity contribution in [2.45, 2.75) is 40.2 Å². The van der Waals surface area contributed by atoms with Gasteiger partial charge < -0.3 is 19.3 Å². The highest BCUT2D eigenvalue weighted by atomic mass is 16.5. The van der Waals surface area contributed by atoms with Crippen molar-refractivity contribution in [3.05, 3.63) is 48.0 Å². The van der Waals surface area contributed by atoms with Gasteiger partial charge in [0.25, 0.3) is 0 Å². The zero-order valence-electron chi connectivity index (χ0n) is 19.0. The summed E-state index contributed by atoms with van der Waals surface area (Å²) in [5, 5.41) is 0. The molecule has 2 heterocycles. The minimum atomic E-state index is -0.0155. The van der Waals surface area contributed by atoms with E-state index < -0.39 is 0 Å². The lowest BCUT2D eigenvalue weighted by molar-refractivity contribution is -0.136. The molecular formula is C25H31N3O3. The molecule has 2 aliphatic heterocycles. The Bertz CT molecular complexity index is 1010. The molecule has 1 unspecified atom stereocenters. The Morgan fingerprint density at radius 2 is 1.94 bits per heavy atom. The van der Waals surface area contributed by atoms with Crippen LogP contribution in [0.25, 0.3) is 0 Å². The van der Waals surface area contributed by atoms with E-state index >= 15 is 0 Å². The van der Waals surface area contributed by atoms with Crippen LogP contribution in [-0.2, 0) is 4.79 Å². The van der Waals surface area contributed by atoms with Gasteiger partial charge in [-0.25, -0.2) is 4.99 Å². The summed E-state index contributed by atoms with van der Waals surface area (Å²) >= 11 is 0. The predicted molar refractivity (Wildman–Crippen MR) is 123 cm³/mol. The normalized spacial score (nSPS) is 18.4. The summed E-state index contributed by atoms with van der Waals surface area (Å²) in [5.74, 6) is 3.28. The number of ether oxygens (including phenoxy) is 2. The number of benzene rings is 2. The van der Waals surface area contributed by atoms with Crippen molar-refractivity contribution in [1.29, 1.82) is 0 Å². The summed E-state index contributed by atoms with van der Waals surface area (Å²) in [6, 6.07) is 13.7. The van der Waals surface area contributed by atoms with Crippen LogP contribution >= 0.6 is 0 Å². The number of methoxy groups -OCH3 is 1. The van der Waals surface area contributed by atoms with E-state index in [1.807, 2.05) is 47.4 Å². The van der Waals surface area contributed by atoms with Crippen LogP contribution < -0.4 is 9.47 Å². The molecule has 0 saturated carbocycles. The summed E-state index contributed by atoms with van der Waals surface area (Å²) in [6.45, 7) is 10.6. The van der Waals surface area contributed by atoms with Gasteiger partial charge in [0.1, 0.15) is 23.0 Å². The van der Waals surface area contributed by atoms with Gasteiger partial charge in [-0.1, -0.05) is 32.9 Å². The molecule has 6 heteroatoms. The van der Waals surface area contributed by atoms with Crippen molar-refractivity contribution in [2.75, 3.05) is 26.7 Å². The standard InChI is InChI=1S/C25H31N3O3/c1-17-16-27(12-13-28(17)23(29)15-25(2,3)4)24-19-11-10-18(30-5)14-22(19)31-21-9-7-6-8-20(21)26-24/h6-11,14,17H,12-13,15-16H2,1-5H3. The van der Waals surface area contributed by atoms with E-state index in [9.17, 15) is 4.79 Å². The minimum absolute atomic E-state index is 0.0155. The van der Waals surface area contributed by atoms with Crippen LogP contribution in [0.4, 0.5) is 5.69 Å². The van der Waals surface area contributed by atoms with Crippen molar-refractivity contribution < 1.29 is 14.3 Å². The zero-order chi connectivity index (χ0) is 22.2. The lowest BCUT2D eigenvalue weighted by Gasteiger charge is -2.42. The van der Waals surface area contributed by atoms with E-state index in [2.05, 4.69) is 32.6 Å².